The Bertz CT molecular complexity index is 515. The Balaban J connectivity index is 2.10. The maximum absolute atomic E-state index is 5.96. The summed E-state index contributed by atoms with van der Waals surface area (Å²) in [5, 5.41) is 3.90. The van der Waals surface area contributed by atoms with Gasteiger partial charge in [-0.1, -0.05) is 17.7 Å². The molecule has 0 aliphatic rings. The Morgan fingerprint density at radius 2 is 2.12 bits per heavy atom. The van der Waals surface area contributed by atoms with Gasteiger partial charge in [0.25, 0.3) is 0 Å². The summed E-state index contributed by atoms with van der Waals surface area (Å²) in [4.78, 5) is 2.67. The Kier molecular flexibility index (Phi) is 3.60. The molecule has 0 aliphatic heterocycles. The molecule has 0 saturated heterocycles. The number of benzene rings is 1. The lowest BCUT2D eigenvalue weighted by Crippen LogP contribution is -2.01. The fourth-order valence-electron chi connectivity index (χ4n) is 1.61. The normalized spacial score (nSPS) is 10.5. The Morgan fingerprint density at radius 1 is 1.35 bits per heavy atom. The first kappa shape index (κ1) is 12.3. The molecular formula is C13H15ClN2S. The Morgan fingerprint density at radius 3 is 2.76 bits per heavy atom. The van der Waals surface area contributed by atoms with Crippen LogP contribution < -0.4 is 11.1 Å². The third-order valence-corrected chi connectivity index (χ3v) is 4.21. The number of hydrogen-bond acceptors (Lipinski definition) is 3. The van der Waals surface area contributed by atoms with Crippen LogP contribution in [0.5, 0.6) is 0 Å². The van der Waals surface area contributed by atoms with E-state index in [1.165, 1.54) is 15.3 Å². The number of thiophene rings is 1. The molecule has 1 aromatic heterocycles. The van der Waals surface area contributed by atoms with Crippen LogP contribution in [0, 0.1) is 13.8 Å². The second kappa shape index (κ2) is 4.98. The minimum absolute atomic E-state index is 0.591. The fraction of sp³-hybridized carbons (Fsp3) is 0.231. The van der Waals surface area contributed by atoms with Gasteiger partial charge in [-0.15, -0.1) is 11.3 Å². The van der Waals surface area contributed by atoms with E-state index < -0.39 is 0 Å². The summed E-state index contributed by atoms with van der Waals surface area (Å²) in [5.41, 5.74) is 8.73. The molecule has 0 fully saturated rings. The number of aryl methyl sites for hydroxylation is 2. The minimum atomic E-state index is 0.591. The van der Waals surface area contributed by atoms with Gasteiger partial charge in [-0.2, -0.15) is 0 Å². The topological polar surface area (TPSA) is 38.0 Å². The van der Waals surface area contributed by atoms with Crippen LogP contribution in [0.15, 0.2) is 24.3 Å². The largest absolute Gasteiger partial charge is 0.396 e. The highest BCUT2D eigenvalue weighted by Crippen LogP contribution is 2.28. The standard InChI is InChI=1S/C13H15ClN2S/c1-8-6-10(17-9(8)2)7-16-12-5-3-4-11(14)13(12)15/h3-6,16H,7,15H2,1-2H3. The van der Waals surface area contributed by atoms with Gasteiger partial charge in [-0.25, -0.2) is 0 Å². The molecule has 4 heteroatoms. The molecular weight excluding hydrogens is 252 g/mol. The SMILES string of the molecule is Cc1cc(CNc2cccc(Cl)c2N)sc1C. The monoisotopic (exact) mass is 266 g/mol. The third-order valence-electron chi connectivity index (χ3n) is 2.72. The number of rotatable bonds is 3. The summed E-state index contributed by atoms with van der Waals surface area (Å²) < 4.78 is 0. The number of halogens is 1. The van der Waals surface area contributed by atoms with E-state index in [9.17, 15) is 0 Å². The summed E-state index contributed by atoms with van der Waals surface area (Å²) in [6.45, 7) is 5.05. The van der Waals surface area contributed by atoms with Gasteiger partial charge in [0.1, 0.15) is 0 Å². The van der Waals surface area contributed by atoms with E-state index in [0.29, 0.717) is 10.7 Å². The lowest BCUT2D eigenvalue weighted by molar-refractivity contribution is 1.19. The molecule has 90 valence electrons. The molecule has 17 heavy (non-hydrogen) atoms. The molecule has 0 amide bonds. The molecule has 0 atom stereocenters. The molecule has 0 unspecified atom stereocenters. The van der Waals surface area contributed by atoms with Gasteiger partial charge < -0.3 is 11.1 Å². The first-order chi connectivity index (χ1) is 8.08. The highest BCUT2D eigenvalue weighted by atomic mass is 35.5. The molecule has 2 aromatic rings. The molecule has 3 N–H and O–H groups in total. The maximum Gasteiger partial charge on any atom is 0.0739 e. The van der Waals surface area contributed by atoms with Gasteiger partial charge in [-0.05, 0) is 37.6 Å². The van der Waals surface area contributed by atoms with Crippen LogP contribution in [0.1, 0.15) is 15.3 Å². The van der Waals surface area contributed by atoms with E-state index in [1.807, 2.05) is 23.5 Å². The first-order valence-corrected chi connectivity index (χ1v) is 6.61. The van der Waals surface area contributed by atoms with Crippen LogP contribution in [0.3, 0.4) is 0 Å². The second-order valence-electron chi connectivity index (χ2n) is 4.01. The molecule has 0 saturated carbocycles. The number of anilines is 2. The number of hydrogen-bond donors (Lipinski definition) is 2. The van der Waals surface area contributed by atoms with Crippen molar-refractivity contribution in [3.8, 4) is 0 Å². The molecule has 0 radical (unpaired) electrons. The third kappa shape index (κ3) is 2.73. The van der Waals surface area contributed by atoms with Crippen LogP contribution in [0.25, 0.3) is 0 Å². The zero-order chi connectivity index (χ0) is 12.4. The number of nitrogens with two attached hydrogens (primary N) is 1. The molecule has 2 rings (SSSR count). The zero-order valence-electron chi connectivity index (χ0n) is 9.88. The van der Waals surface area contributed by atoms with Crippen molar-refractivity contribution in [2.24, 2.45) is 0 Å². The smallest absolute Gasteiger partial charge is 0.0739 e. The summed E-state index contributed by atoms with van der Waals surface area (Å²) in [6.07, 6.45) is 0. The highest BCUT2D eigenvalue weighted by molar-refractivity contribution is 7.12. The van der Waals surface area contributed by atoms with Crippen molar-refractivity contribution < 1.29 is 0 Å². The van der Waals surface area contributed by atoms with E-state index in [4.69, 9.17) is 17.3 Å². The van der Waals surface area contributed by atoms with E-state index in [1.54, 1.807) is 6.07 Å². The van der Waals surface area contributed by atoms with Crippen LogP contribution in [-0.2, 0) is 6.54 Å². The van der Waals surface area contributed by atoms with Crippen LogP contribution in [0.4, 0.5) is 11.4 Å². The van der Waals surface area contributed by atoms with Crippen molar-refractivity contribution in [3.05, 3.63) is 44.6 Å². The number of nitrogens with one attached hydrogen (secondary N) is 1. The molecule has 0 aliphatic carbocycles. The second-order valence-corrected chi connectivity index (χ2v) is 5.75. The summed E-state index contributed by atoms with van der Waals surface area (Å²) in [6, 6.07) is 7.83. The Hall–Kier alpha value is -1.19. The first-order valence-electron chi connectivity index (χ1n) is 5.41. The molecule has 0 bridgehead atoms. The maximum atomic E-state index is 5.96. The highest BCUT2D eigenvalue weighted by Gasteiger charge is 2.04. The molecule has 1 heterocycles. The van der Waals surface area contributed by atoms with Crippen molar-refractivity contribution in [3.63, 3.8) is 0 Å². The predicted molar refractivity (Wildman–Crippen MR) is 77.0 cm³/mol. The summed E-state index contributed by atoms with van der Waals surface area (Å²) in [7, 11) is 0. The lowest BCUT2D eigenvalue weighted by atomic mass is 10.2. The minimum Gasteiger partial charge on any atom is -0.396 e. The summed E-state index contributed by atoms with van der Waals surface area (Å²) in [5.74, 6) is 0. The van der Waals surface area contributed by atoms with Crippen LogP contribution >= 0.6 is 22.9 Å². The number of nitrogen functional groups attached to an aromatic ring is 1. The zero-order valence-corrected chi connectivity index (χ0v) is 11.5. The van der Waals surface area contributed by atoms with E-state index in [-0.39, 0.29) is 0 Å². The lowest BCUT2D eigenvalue weighted by Gasteiger charge is -2.09. The van der Waals surface area contributed by atoms with E-state index in [0.717, 1.165) is 12.2 Å². The predicted octanol–water partition coefficient (Wildman–Crippen LogP) is 4.21. The number of para-hydroxylation sites is 1. The Labute approximate surface area is 110 Å². The van der Waals surface area contributed by atoms with Gasteiger partial charge in [0.05, 0.1) is 16.4 Å². The van der Waals surface area contributed by atoms with Crippen molar-refractivity contribution in [2.75, 3.05) is 11.1 Å². The molecule has 2 nitrogen and oxygen atoms in total. The van der Waals surface area contributed by atoms with Crippen LogP contribution in [0.2, 0.25) is 5.02 Å². The van der Waals surface area contributed by atoms with Crippen molar-refractivity contribution in [1.29, 1.82) is 0 Å². The van der Waals surface area contributed by atoms with Crippen molar-refractivity contribution >= 4 is 34.3 Å². The van der Waals surface area contributed by atoms with Gasteiger partial charge >= 0.3 is 0 Å². The quantitative estimate of drug-likeness (QED) is 0.817. The molecule has 0 spiro atoms. The van der Waals surface area contributed by atoms with Gasteiger partial charge in [0.2, 0.25) is 0 Å². The van der Waals surface area contributed by atoms with E-state index in [2.05, 4.69) is 25.2 Å². The van der Waals surface area contributed by atoms with Crippen molar-refractivity contribution in [2.45, 2.75) is 20.4 Å². The van der Waals surface area contributed by atoms with Gasteiger partial charge in [0, 0.05) is 16.3 Å². The van der Waals surface area contributed by atoms with Crippen molar-refractivity contribution in [1.82, 2.24) is 0 Å². The summed E-state index contributed by atoms with van der Waals surface area (Å²) >= 11 is 7.77. The van der Waals surface area contributed by atoms with E-state index >= 15 is 0 Å². The molecule has 1 aromatic carbocycles. The fourth-order valence-corrected chi connectivity index (χ4v) is 2.78. The van der Waals surface area contributed by atoms with Gasteiger partial charge in [0.15, 0.2) is 0 Å². The average Bonchev–Trinajstić information content (AvgIpc) is 2.61. The van der Waals surface area contributed by atoms with Gasteiger partial charge in [-0.3, -0.25) is 0 Å². The van der Waals surface area contributed by atoms with Crippen LogP contribution in [-0.4, -0.2) is 0 Å². The average molecular weight is 267 g/mol.